The van der Waals surface area contributed by atoms with Gasteiger partial charge >= 0.3 is 0 Å². The summed E-state index contributed by atoms with van der Waals surface area (Å²) in [5.74, 6) is 0.260. The fraction of sp³-hybridized carbons (Fsp3) is 0.333. The van der Waals surface area contributed by atoms with Crippen molar-refractivity contribution in [2.24, 2.45) is 0 Å². The summed E-state index contributed by atoms with van der Waals surface area (Å²) in [7, 11) is -0.883. The number of para-hydroxylation sites is 2. The van der Waals surface area contributed by atoms with E-state index < -0.39 is 10.0 Å². The fourth-order valence-electron chi connectivity index (χ4n) is 3.35. The Morgan fingerprint density at radius 2 is 1.50 bits per heavy atom. The highest BCUT2D eigenvalue weighted by Gasteiger charge is 2.26. The number of amides is 2. The Morgan fingerprint density at radius 3 is 2.07 bits per heavy atom. The van der Waals surface area contributed by atoms with Crippen molar-refractivity contribution in [3.63, 3.8) is 0 Å². The number of hydrogen-bond acceptors (Lipinski definition) is 5. The van der Waals surface area contributed by atoms with E-state index in [1.807, 2.05) is 0 Å². The summed E-state index contributed by atoms with van der Waals surface area (Å²) >= 11 is 0. The van der Waals surface area contributed by atoms with Gasteiger partial charge in [-0.15, -0.1) is 0 Å². The number of carbonyl (C=O) groups is 2. The lowest BCUT2D eigenvalue weighted by atomic mass is 10.2. The molecule has 1 heterocycles. The molecular formula is C21H25N3O5S. The predicted octanol–water partition coefficient (Wildman–Crippen LogP) is 1.82. The number of rotatable bonds is 5. The number of benzene rings is 2. The molecule has 2 amide bonds. The molecule has 0 aromatic heterocycles. The van der Waals surface area contributed by atoms with E-state index in [0.717, 1.165) is 4.31 Å². The molecule has 0 unspecified atom stereocenters. The maximum atomic E-state index is 13.0. The molecule has 30 heavy (non-hydrogen) atoms. The average Bonchev–Trinajstić information content (AvgIpc) is 2.78. The Morgan fingerprint density at radius 1 is 0.933 bits per heavy atom. The molecule has 0 N–H and O–H groups in total. The van der Waals surface area contributed by atoms with Crippen LogP contribution in [0.5, 0.6) is 5.75 Å². The van der Waals surface area contributed by atoms with Crippen molar-refractivity contribution in [1.82, 2.24) is 9.80 Å². The average molecular weight is 432 g/mol. The molecular weight excluding hydrogens is 406 g/mol. The zero-order valence-electron chi connectivity index (χ0n) is 17.2. The van der Waals surface area contributed by atoms with Gasteiger partial charge in [-0.2, -0.15) is 0 Å². The van der Waals surface area contributed by atoms with Gasteiger partial charge in [-0.1, -0.05) is 12.1 Å². The number of sulfonamides is 1. The lowest BCUT2D eigenvalue weighted by molar-refractivity contribution is -0.130. The minimum atomic E-state index is -3.82. The molecule has 1 aliphatic rings. The highest BCUT2D eigenvalue weighted by molar-refractivity contribution is 7.92. The molecule has 0 spiro atoms. The van der Waals surface area contributed by atoms with Crippen LogP contribution in [0, 0.1) is 0 Å². The zero-order chi connectivity index (χ0) is 21.9. The molecule has 8 nitrogen and oxygen atoms in total. The highest BCUT2D eigenvalue weighted by atomic mass is 32.2. The van der Waals surface area contributed by atoms with E-state index in [4.69, 9.17) is 4.74 Å². The van der Waals surface area contributed by atoms with Crippen LogP contribution in [0.15, 0.2) is 53.4 Å². The SMILES string of the molecule is COc1ccccc1N(C)S(=O)(=O)c1ccc(C(=O)N2CCN(C(C)=O)CC2)cc1. The Labute approximate surface area is 176 Å². The van der Waals surface area contributed by atoms with Gasteiger partial charge in [0.2, 0.25) is 5.91 Å². The second-order valence-electron chi connectivity index (χ2n) is 6.97. The summed E-state index contributed by atoms with van der Waals surface area (Å²) in [6.45, 7) is 3.41. The van der Waals surface area contributed by atoms with E-state index in [2.05, 4.69) is 0 Å². The Kier molecular flexibility index (Phi) is 6.31. The molecule has 0 saturated carbocycles. The zero-order valence-corrected chi connectivity index (χ0v) is 18.1. The minimum absolute atomic E-state index is 0.00387. The van der Waals surface area contributed by atoms with Gasteiger partial charge in [-0.25, -0.2) is 8.42 Å². The van der Waals surface area contributed by atoms with Gasteiger partial charge in [0.15, 0.2) is 0 Å². The first-order chi connectivity index (χ1) is 14.3. The smallest absolute Gasteiger partial charge is 0.264 e. The van der Waals surface area contributed by atoms with Crippen molar-refractivity contribution in [2.75, 3.05) is 44.6 Å². The second kappa shape index (κ2) is 8.74. The van der Waals surface area contributed by atoms with Crippen LogP contribution in [0.3, 0.4) is 0 Å². The third-order valence-corrected chi connectivity index (χ3v) is 6.98. The van der Waals surface area contributed by atoms with Gasteiger partial charge in [-0.05, 0) is 36.4 Å². The summed E-state index contributed by atoms with van der Waals surface area (Å²) in [6, 6.07) is 12.7. The van der Waals surface area contributed by atoms with Gasteiger partial charge < -0.3 is 14.5 Å². The largest absolute Gasteiger partial charge is 0.495 e. The molecule has 2 aromatic rings. The van der Waals surface area contributed by atoms with Crippen LogP contribution in [-0.4, -0.2) is 70.4 Å². The Hall–Kier alpha value is -3.07. The first-order valence-corrected chi connectivity index (χ1v) is 11.0. The fourth-order valence-corrected chi connectivity index (χ4v) is 4.56. The molecule has 9 heteroatoms. The number of nitrogens with zero attached hydrogens (tertiary/aromatic N) is 3. The lowest BCUT2D eigenvalue weighted by Gasteiger charge is -2.34. The minimum Gasteiger partial charge on any atom is -0.495 e. The molecule has 1 fully saturated rings. The van der Waals surface area contributed by atoms with E-state index in [-0.39, 0.29) is 16.7 Å². The summed E-state index contributed by atoms with van der Waals surface area (Å²) < 4.78 is 32.5. The number of ether oxygens (including phenoxy) is 1. The lowest BCUT2D eigenvalue weighted by Crippen LogP contribution is -2.50. The van der Waals surface area contributed by atoms with Gasteiger partial charge in [0.05, 0.1) is 17.7 Å². The van der Waals surface area contributed by atoms with E-state index in [9.17, 15) is 18.0 Å². The maximum Gasteiger partial charge on any atom is 0.264 e. The van der Waals surface area contributed by atoms with E-state index in [1.54, 1.807) is 34.1 Å². The van der Waals surface area contributed by atoms with Gasteiger partial charge in [-0.3, -0.25) is 13.9 Å². The van der Waals surface area contributed by atoms with Crippen molar-refractivity contribution in [3.05, 3.63) is 54.1 Å². The molecule has 0 atom stereocenters. The van der Waals surface area contributed by atoms with Crippen LogP contribution in [-0.2, 0) is 14.8 Å². The monoisotopic (exact) mass is 431 g/mol. The molecule has 160 valence electrons. The number of hydrogen-bond donors (Lipinski definition) is 0. The molecule has 0 aliphatic carbocycles. The van der Waals surface area contributed by atoms with Gasteiger partial charge in [0.1, 0.15) is 5.75 Å². The van der Waals surface area contributed by atoms with Crippen LogP contribution in [0.25, 0.3) is 0 Å². The van der Waals surface area contributed by atoms with E-state index in [0.29, 0.717) is 43.2 Å². The number of carbonyl (C=O) groups excluding carboxylic acids is 2. The third kappa shape index (κ3) is 4.25. The first kappa shape index (κ1) is 21.6. The molecule has 2 aromatic carbocycles. The van der Waals surface area contributed by atoms with Gasteiger partial charge in [0.25, 0.3) is 15.9 Å². The number of anilines is 1. The summed E-state index contributed by atoms with van der Waals surface area (Å²) in [4.78, 5) is 27.6. The van der Waals surface area contributed by atoms with Crippen molar-refractivity contribution in [2.45, 2.75) is 11.8 Å². The van der Waals surface area contributed by atoms with Crippen LogP contribution in [0.2, 0.25) is 0 Å². The Bertz CT molecular complexity index is 1030. The summed E-state index contributed by atoms with van der Waals surface area (Å²) in [6.07, 6.45) is 0. The molecule has 1 aliphatic heterocycles. The van der Waals surface area contributed by atoms with Crippen molar-refractivity contribution in [1.29, 1.82) is 0 Å². The number of methoxy groups -OCH3 is 1. The van der Waals surface area contributed by atoms with Crippen LogP contribution in [0.4, 0.5) is 5.69 Å². The third-order valence-electron chi connectivity index (χ3n) is 5.20. The summed E-state index contributed by atoms with van der Waals surface area (Å²) in [5.41, 5.74) is 0.827. The van der Waals surface area contributed by atoms with E-state index >= 15 is 0 Å². The molecule has 0 bridgehead atoms. The van der Waals surface area contributed by atoms with Crippen LogP contribution < -0.4 is 9.04 Å². The van der Waals surface area contributed by atoms with Gasteiger partial charge in [0, 0.05) is 45.7 Å². The summed E-state index contributed by atoms with van der Waals surface area (Å²) in [5, 5.41) is 0. The van der Waals surface area contributed by atoms with Crippen LogP contribution in [0.1, 0.15) is 17.3 Å². The van der Waals surface area contributed by atoms with E-state index in [1.165, 1.54) is 45.3 Å². The standard InChI is InChI=1S/C21H25N3O5S/c1-16(25)23-12-14-24(15-13-23)21(26)17-8-10-18(11-9-17)30(27,28)22(2)19-6-4-5-7-20(19)29-3/h4-11H,12-15H2,1-3H3. The Balaban J connectivity index is 1.76. The molecule has 3 rings (SSSR count). The number of piperazine rings is 1. The van der Waals surface area contributed by atoms with Crippen molar-refractivity contribution < 1.29 is 22.7 Å². The second-order valence-corrected chi connectivity index (χ2v) is 8.94. The molecule has 0 radical (unpaired) electrons. The quantitative estimate of drug-likeness (QED) is 0.721. The predicted molar refractivity (Wildman–Crippen MR) is 113 cm³/mol. The highest BCUT2D eigenvalue weighted by Crippen LogP contribution is 2.30. The molecule has 1 saturated heterocycles. The normalized spacial score (nSPS) is 14.4. The van der Waals surface area contributed by atoms with Crippen LogP contribution >= 0.6 is 0 Å². The van der Waals surface area contributed by atoms with Crippen molar-refractivity contribution in [3.8, 4) is 5.75 Å². The topological polar surface area (TPSA) is 87.2 Å². The maximum absolute atomic E-state index is 13.0. The van der Waals surface area contributed by atoms with Crippen molar-refractivity contribution >= 4 is 27.5 Å². The first-order valence-electron chi connectivity index (χ1n) is 9.52.